The first-order valence-electron chi connectivity index (χ1n) is 10.6. The molecule has 2 unspecified atom stereocenters. The van der Waals surface area contributed by atoms with Crippen molar-refractivity contribution >= 4 is 17.6 Å². The van der Waals surface area contributed by atoms with Gasteiger partial charge in [-0.25, -0.2) is 4.79 Å². The Labute approximate surface area is 178 Å². The minimum atomic E-state index is -0.285. The summed E-state index contributed by atoms with van der Waals surface area (Å²) in [6, 6.07) is 17.3. The number of methoxy groups -OCH3 is 1. The van der Waals surface area contributed by atoms with Crippen molar-refractivity contribution in [1.29, 1.82) is 0 Å². The highest BCUT2D eigenvalue weighted by atomic mass is 16.5. The van der Waals surface area contributed by atoms with Gasteiger partial charge in [-0.15, -0.1) is 0 Å². The van der Waals surface area contributed by atoms with E-state index in [4.69, 9.17) is 4.74 Å². The number of carbonyl (C=O) groups excluding carboxylic acids is 2. The zero-order valence-electron chi connectivity index (χ0n) is 17.8. The molecule has 6 heteroatoms. The second-order valence-electron chi connectivity index (χ2n) is 7.75. The van der Waals surface area contributed by atoms with Crippen LogP contribution in [0.1, 0.15) is 37.7 Å². The maximum absolute atomic E-state index is 13.1. The van der Waals surface area contributed by atoms with Crippen molar-refractivity contribution in [2.75, 3.05) is 32.1 Å². The lowest BCUT2D eigenvalue weighted by atomic mass is 9.84. The van der Waals surface area contributed by atoms with Crippen LogP contribution in [0.3, 0.4) is 0 Å². The molecule has 1 aliphatic rings. The van der Waals surface area contributed by atoms with E-state index in [1.807, 2.05) is 36.4 Å². The van der Waals surface area contributed by atoms with Crippen molar-refractivity contribution in [3.63, 3.8) is 0 Å². The van der Waals surface area contributed by atoms with Crippen molar-refractivity contribution < 1.29 is 14.3 Å². The molecular weight excluding hydrogens is 378 g/mol. The topological polar surface area (TPSA) is 70.7 Å². The number of urea groups is 1. The average Bonchev–Trinajstić information content (AvgIpc) is 2.79. The molecule has 2 aromatic rings. The fourth-order valence-electron chi connectivity index (χ4n) is 3.85. The van der Waals surface area contributed by atoms with E-state index in [-0.39, 0.29) is 23.8 Å². The number of hydrogen-bond donors (Lipinski definition) is 2. The number of benzene rings is 2. The quantitative estimate of drug-likeness (QED) is 0.672. The largest absolute Gasteiger partial charge is 0.497 e. The highest BCUT2D eigenvalue weighted by Crippen LogP contribution is 2.31. The Morgan fingerprint density at radius 1 is 1.10 bits per heavy atom. The van der Waals surface area contributed by atoms with Gasteiger partial charge in [-0.2, -0.15) is 0 Å². The van der Waals surface area contributed by atoms with Crippen LogP contribution in [0.25, 0.3) is 0 Å². The van der Waals surface area contributed by atoms with Crippen LogP contribution in [0.4, 0.5) is 10.5 Å². The van der Waals surface area contributed by atoms with Gasteiger partial charge in [0, 0.05) is 37.3 Å². The van der Waals surface area contributed by atoms with Crippen molar-refractivity contribution in [1.82, 2.24) is 10.2 Å². The van der Waals surface area contributed by atoms with Crippen molar-refractivity contribution in [2.45, 2.75) is 32.1 Å². The molecular formula is C24H31N3O3. The minimum Gasteiger partial charge on any atom is -0.497 e. The molecule has 1 heterocycles. The highest BCUT2D eigenvalue weighted by Gasteiger charge is 2.34. The van der Waals surface area contributed by atoms with E-state index in [2.05, 4.69) is 29.7 Å². The maximum Gasteiger partial charge on any atom is 0.317 e. The van der Waals surface area contributed by atoms with Crippen molar-refractivity contribution in [2.24, 2.45) is 5.92 Å². The van der Waals surface area contributed by atoms with Crippen LogP contribution < -0.4 is 15.4 Å². The molecule has 1 aliphatic heterocycles. The van der Waals surface area contributed by atoms with Gasteiger partial charge < -0.3 is 20.3 Å². The summed E-state index contributed by atoms with van der Waals surface area (Å²) in [6.07, 6.45) is 2.68. The molecule has 3 amide bonds. The number of piperidine rings is 1. The Kier molecular flexibility index (Phi) is 7.71. The van der Waals surface area contributed by atoms with E-state index in [0.29, 0.717) is 37.5 Å². The molecule has 0 aromatic heterocycles. The number of rotatable bonds is 7. The summed E-state index contributed by atoms with van der Waals surface area (Å²) in [5.74, 6) is 0.454. The molecule has 3 rings (SSSR count). The van der Waals surface area contributed by atoms with Crippen LogP contribution in [0, 0.1) is 5.92 Å². The molecule has 2 N–H and O–H groups in total. The lowest BCUT2D eigenvalue weighted by Crippen LogP contribution is -2.50. The van der Waals surface area contributed by atoms with Gasteiger partial charge in [0.2, 0.25) is 5.91 Å². The van der Waals surface area contributed by atoms with Gasteiger partial charge in [-0.05, 0) is 30.5 Å². The van der Waals surface area contributed by atoms with Crippen LogP contribution in [-0.2, 0) is 4.79 Å². The average molecular weight is 410 g/mol. The monoisotopic (exact) mass is 409 g/mol. The van der Waals surface area contributed by atoms with Crippen molar-refractivity contribution in [3.8, 4) is 5.75 Å². The van der Waals surface area contributed by atoms with E-state index in [0.717, 1.165) is 18.4 Å². The molecule has 0 bridgehead atoms. The standard InChI is InChI=1S/C24H31N3O3/c1-3-4-13-25-24(29)27-16-19(18-9-6-5-7-10-18)14-20(17-27)23(28)26-21-11-8-12-22(15-21)30-2/h5-12,15,19-20H,3-4,13-14,16-17H2,1-2H3,(H,25,29)(H,26,28). The van der Waals surface area contributed by atoms with E-state index in [9.17, 15) is 9.59 Å². The van der Waals surface area contributed by atoms with E-state index < -0.39 is 0 Å². The molecule has 2 aromatic carbocycles. The van der Waals surface area contributed by atoms with Crippen molar-refractivity contribution in [3.05, 3.63) is 60.2 Å². The highest BCUT2D eigenvalue weighted by molar-refractivity contribution is 5.93. The van der Waals surface area contributed by atoms with Crippen LogP contribution in [0.2, 0.25) is 0 Å². The zero-order valence-corrected chi connectivity index (χ0v) is 17.8. The number of anilines is 1. The fraction of sp³-hybridized carbons (Fsp3) is 0.417. The van der Waals surface area contributed by atoms with Crippen LogP contribution in [-0.4, -0.2) is 43.6 Å². The Morgan fingerprint density at radius 3 is 2.63 bits per heavy atom. The number of nitrogens with zero attached hydrogens (tertiary/aromatic N) is 1. The molecule has 0 aliphatic carbocycles. The third kappa shape index (κ3) is 5.75. The van der Waals surface area contributed by atoms with Crippen LogP contribution in [0.5, 0.6) is 5.75 Å². The van der Waals surface area contributed by atoms with Gasteiger partial charge in [-0.1, -0.05) is 49.7 Å². The minimum absolute atomic E-state index is 0.0738. The predicted molar refractivity (Wildman–Crippen MR) is 119 cm³/mol. The molecule has 160 valence electrons. The van der Waals surface area contributed by atoms with E-state index >= 15 is 0 Å². The van der Waals surface area contributed by atoms with Gasteiger partial charge in [0.15, 0.2) is 0 Å². The molecule has 2 atom stereocenters. The predicted octanol–water partition coefficient (Wildman–Crippen LogP) is 4.25. The van der Waals surface area contributed by atoms with Gasteiger partial charge in [0.1, 0.15) is 5.75 Å². The van der Waals surface area contributed by atoms with Gasteiger partial charge in [0.05, 0.1) is 13.0 Å². The second-order valence-corrected chi connectivity index (χ2v) is 7.75. The lowest BCUT2D eigenvalue weighted by molar-refractivity contribution is -0.121. The third-order valence-electron chi connectivity index (χ3n) is 5.52. The second kappa shape index (κ2) is 10.7. The maximum atomic E-state index is 13.1. The molecule has 1 fully saturated rings. The Bertz CT molecular complexity index is 841. The molecule has 30 heavy (non-hydrogen) atoms. The Morgan fingerprint density at radius 2 is 1.90 bits per heavy atom. The molecule has 0 radical (unpaired) electrons. The van der Waals surface area contributed by atoms with Crippen LogP contribution in [0.15, 0.2) is 54.6 Å². The van der Waals surface area contributed by atoms with Gasteiger partial charge in [0.25, 0.3) is 0 Å². The summed E-state index contributed by atoms with van der Waals surface area (Å²) >= 11 is 0. The summed E-state index contributed by atoms with van der Waals surface area (Å²) in [4.78, 5) is 27.6. The Hall–Kier alpha value is -3.02. The zero-order chi connectivity index (χ0) is 21.3. The van der Waals surface area contributed by atoms with E-state index in [1.165, 1.54) is 0 Å². The third-order valence-corrected chi connectivity index (χ3v) is 5.52. The molecule has 1 saturated heterocycles. The molecule has 0 spiro atoms. The first-order chi connectivity index (χ1) is 14.6. The summed E-state index contributed by atoms with van der Waals surface area (Å²) in [5, 5.41) is 5.98. The number of nitrogens with one attached hydrogen (secondary N) is 2. The number of hydrogen-bond acceptors (Lipinski definition) is 3. The molecule has 0 saturated carbocycles. The fourth-order valence-corrected chi connectivity index (χ4v) is 3.85. The SMILES string of the molecule is CCCCNC(=O)N1CC(C(=O)Nc2cccc(OC)c2)CC(c2ccccc2)C1. The number of unbranched alkanes of at least 4 members (excludes halogenated alkanes) is 1. The summed E-state index contributed by atoms with van der Waals surface area (Å²) < 4.78 is 5.24. The van der Waals surface area contributed by atoms with Gasteiger partial charge in [-0.3, -0.25) is 4.79 Å². The Balaban J connectivity index is 1.74. The summed E-state index contributed by atoms with van der Waals surface area (Å²) in [7, 11) is 1.60. The first-order valence-corrected chi connectivity index (χ1v) is 10.6. The normalized spacial score (nSPS) is 18.5. The summed E-state index contributed by atoms with van der Waals surface area (Å²) in [6.45, 7) is 3.78. The smallest absolute Gasteiger partial charge is 0.317 e. The lowest BCUT2D eigenvalue weighted by Gasteiger charge is -2.37. The number of carbonyl (C=O) groups is 2. The number of amides is 3. The first kappa shape index (κ1) is 21.7. The number of likely N-dealkylation sites (tertiary alicyclic amines) is 1. The van der Waals surface area contributed by atoms with Crippen LogP contribution >= 0.6 is 0 Å². The summed E-state index contributed by atoms with van der Waals surface area (Å²) in [5.41, 5.74) is 1.85. The number of ether oxygens (including phenoxy) is 1. The molecule has 6 nitrogen and oxygen atoms in total. The van der Waals surface area contributed by atoms with Gasteiger partial charge >= 0.3 is 6.03 Å². The van der Waals surface area contributed by atoms with E-state index in [1.54, 1.807) is 18.1 Å².